The summed E-state index contributed by atoms with van der Waals surface area (Å²) >= 11 is 1.92. The number of hydrogen-bond donors (Lipinski definition) is 0. The zero-order valence-electron chi connectivity index (χ0n) is 13.8. The monoisotopic (exact) mass is 309 g/mol. The van der Waals surface area contributed by atoms with Crippen LogP contribution in [0.5, 0.6) is 0 Å². The van der Waals surface area contributed by atoms with E-state index in [1.807, 2.05) is 11.3 Å². The third-order valence-electron chi connectivity index (χ3n) is 4.05. The molecular formula is C20H23NS. The van der Waals surface area contributed by atoms with E-state index in [2.05, 4.69) is 75.3 Å². The summed E-state index contributed by atoms with van der Waals surface area (Å²) in [6.07, 6.45) is 1.02. The average molecular weight is 309 g/mol. The molecule has 0 aliphatic rings. The molecule has 0 bridgehead atoms. The number of aryl methyl sites for hydroxylation is 2. The maximum absolute atomic E-state index is 2.30. The second-order valence-electron chi connectivity index (χ2n) is 6.37. The summed E-state index contributed by atoms with van der Waals surface area (Å²) in [5.41, 5.74) is 5.59. The summed E-state index contributed by atoms with van der Waals surface area (Å²) < 4.78 is 1.41. The molecule has 22 heavy (non-hydrogen) atoms. The number of rotatable bonds is 4. The van der Waals surface area contributed by atoms with Crippen molar-refractivity contribution in [1.82, 2.24) is 4.90 Å². The predicted molar refractivity (Wildman–Crippen MR) is 97.9 cm³/mol. The van der Waals surface area contributed by atoms with Crippen LogP contribution in [-0.4, -0.2) is 19.0 Å². The molecule has 114 valence electrons. The van der Waals surface area contributed by atoms with Gasteiger partial charge in [-0.25, -0.2) is 0 Å². The molecule has 0 amide bonds. The van der Waals surface area contributed by atoms with Crippen LogP contribution in [0, 0.1) is 13.8 Å². The van der Waals surface area contributed by atoms with E-state index < -0.39 is 0 Å². The van der Waals surface area contributed by atoms with Crippen molar-refractivity contribution >= 4 is 21.4 Å². The molecule has 0 aliphatic heterocycles. The molecular weight excluding hydrogens is 286 g/mol. The minimum atomic E-state index is 1.000. The van der Waals surface area contributed by atoms with E-state index in [0.717, 1.165) is 13.0 Å². The predicted octanol–water partition coefficient (Wildman–Crippen LogP) is 5.17. The standard InChI is InChI=1S/C20H23NS/c1-14-5-10-18-19(15(2)22-20(18)11-14)12-16-6-8-17(9-7-16)13-21(3)4/h5-11H,12-13H2,1-4H3. The van der Waals surface area contributed by atoms with E-state index in [1.54, 1.807) is 0 Å². The quantitative estimate of drug-likeness (QED) is 0.642. The number of hydrogen-bond acceptors (Lipinski definition) is 2. The van der Waals surface area contributed by atoms with Crippen molar-refractivity contribution in [3.8, 4) is 0 Å². The lowest BCUT2D eigenvalue weighted by Crippen LogP contribution is -2.10. The van der Waals surface area contributed by atoms with Gasteiger partial charge in [0.2, 0.25) is 0 Å². The summed E-state index contributed by atoms with van der Waals surface area (Å²) in [6, 6.07) is 15.9. The van der Waals surface area contributed by atoms with Crippen LogP contribution >= 0.6 is 11.3 Å². The third kappa shape index (κ3) is 3.23. The van der Waals surface area contributed by atoms with Gasteiger partial charge in [0.25, 0.3) is 0 Å². The highest BCUT2D eigenvalue weighted by atomic mass is 32.1. The molecule has 3 rings (SSSR count). The van der Waals surface area contributed by atoms with Crippen molar-refractivity contribution in [2.75, 3.05) is 14.1 Å². The molecule has 0 spiro atoms. The fourth-order valence-electron chi connectivity index (χ4n) is 2.93. The van der Waals surface area contributed by atoms with Crippen molar-refractivity contribution in [2.24, 2.45) is 0 Å². The lowest BCUT2D eigenvalue weighted by atomic mass is 10.0. The molecule has 0 atom stereocenters. The molecule has 1 nitrogen and oxygen atoms in total. The summed E-state index contributed by atoms with van der Waals surface area (Å²) in [5, 5.41) is 1.42. The van der Waals surface area contributed by atoms with Crippen molar-refractivity contribution < 1.29 is 0 Å². The molecule has 2 heteroatoms. The molecule has 0 radical (unpaired) electrons. The normalized spacial score (nSPS) is 11.5. The Morgan fingerprint density at radius 1 is 0.909 bits per heavy atom. The largest absolute Gasteiger partial charge is 0.305 e. The third-order valence-corrected chi connectivity index (χ3v) is 5.16. The van der Waals surface area contributed by atoms with Crippen molar-refractivity contribution in [1.29, 1.82) is 0 Å². The summed E-state index contributed by atoms with van der Waals surface area (Å²) in [7, 11) is 4.22. The Bertz CT molecular complexity index is 781. The van der Waals surface area contributed by atoms with E-state index in [9.17, 15) is 0 Å². The first kappa shape index (κ1) is 15.3. The lowest BCUT2D eigenvalue weighted by molar-refractivity contribution is 0.402. The molecule has 0 unspecified atom stereocenters. The Labute approximate surface area is 137 Å². The van der Waals surface area contributed by atoms with Gasteiger partial charge in [-0.15, -0.1) is 11.3 Å². The van der Waals surface area contributed by atoms with Gasteiger partial charge in [0.1, 0.15) is 0 Å². The molecule has 0 saturated heterocycles. The van der Waals surface area contributed by atoms with E-state index in [-0.39, 0.29) is 0 Å². The van der Waals surface area contributed by atoms with Crippen LogP contribution in [0.1, 0.15) is 27.1 Å². The summed E-state index contributed by atoms with van der Waals surface area (Å²) in [6.45, 7) is 5.41. The SMILES string of the molecule is Cc1ccc2c(Cc3ccc(CN(C)C)cc3)c(C)sc2c1. The topological polar surface area (TPSA) is 3.24 Å². The molecule has 0 aliphatic carbocycles. The molecule has 0 fully saturated rings. The number of benzene rings is 2. The fourth-order valence-corrected chi connectivity index (χ4v) is 4.11. The van der Waals surface area contributed by atoms with Crippen molar-refractivity contribution in [3.05, 3.63) is 69.6 Å². The first-order chi connectivity index (χ1) is 10.5. The van der Waals surface area contributed by atoms with Gasteiger partial charge in [-0.2, -0.15) is 0 Å². The summed E-state index contributed by atoms with van der Waals surface area (Å²) in [5.74, 6) is 0. The Balaban J connectivity index is 1.88. The Hall–Kier alpha value is -1.64. The minimum absolute atomic E-state index is 1.000. The highest BCUT2D eigenvalue weighted by Crippen LogP contribution is 2.33. The van der Waals surface area contributed by atoms with Crippen molar-refractivity contribution in [3.63, 3.8) is 0 Å². The van der Waals surface area contributed by atoms with Gasteiger partial charge in [-0.3, -0.25) is 0 Å². The van der Waals surface area contributed by atoms with Crippen LogP contribution < -0.4 is 0 Å². The van der Waals surface area contributed by atoms with Gasteiger partial charge >= 0.3 is 0 Å². The van der Waals surface area contributed by atoms with Gasteiger partial charge in [-0.05, 0) is 68.1 Å². The number of nitrogens with zero attached hydrogens (tertiary/aromatic N) is 1. The zero-order chi connectivity index (χ0) is 15.7. The van der Waals surface area contributed by atoms with E-state index in [1.165, 1.54) is 37.2 Å². The van der Waals surface area contributed by atoms with Crippen LogP contribution in [0.4, 0.5) is 0 Å². The zero-order valence-corrected chi connectivity index (χ0v) is 14.6. The van der Waals surface area contributed by atoms with Gasteiger partial charge in [0, 0.05) is 16.1 Å². The first-order valence-corrected chi connectivity index (χ1v) is 8.56. The highest BCUT2D eigenvalue weighted by molar-refractivity contribution is 7.19. The lowest BCUT2D eigenvalue weighted by Gasteiger charge is -2.10. The second kappa shape index (κ2) is 6.23. The minimum Gasteiger partial charge on any atom is -0.305 e. The second-order valence-corrected chi connectivity index (χ2v) is 7.62. The van der Waals surface area contributed by atoms with E-state index in [4.69, 9.17) is 0 Å². The van der Waals surface area contributed by atoms with Crippen LogP contribution in [0.3, 0.4) is 0 Å². The summed E-state index contributed by atoms with van der Waals surface area (Å²) in [4.78, 5) is 3.64. The van der Waals surface area contributed by atoms with E-state index in [0.29, 0.717) is 0 Å². The molecule has 1 heterocycles. The Morgan fingerprint density at radius 3 is 2.27 bits per heavy atom. The Kier molecular flexibility index (Phi) is 4.32. The highest BCUT2D eigenvalue weighted by Gasteiger charge is 2.10. The maximum atomic E-state index is 2.30. The van der Waals surface area contributed by atoms with Gasteiger partial charge in [-0.1, -0.05) is 36.4 Å². The number of fused-ring (bicyclic) bond motifs is 1. The van der Waals surface area contributed by atoms with Gasteiger partial charge in [0.15, 0.2) is 0 Å². The van der Waals surface area contributed by atoms with Crippen LogP contribution in [0.2, 0.25) is 0 Å². The molecule has 3 aromatic rings. The molecule has 0 N–H and O–H groups in total. The fraction of sp³-hybridized carbons (Fsp3) is 0.300. The van der Waals surface area contributed by atoms with Crippen LogP contribution in [0.15, 0.2) is 42.5 Å². The van der Waals surface area contributed by atoms with Crippen LogP contribution in [0.25, 0.3) is 10.1 Å². The Morgan fingerprint density at radius 2 is 1.59 bits per heavy atom. The molecule has 2 aromatic carbocycles. The maximum Gasteiger partial charge on any atom is 0.0351 e. The smallest absolute Gasteiger partial charge is 0.0351 e. The first-order valence-electron chi connectivity index (χ1n) is 7.74. The van der Waals surface area contributed by atoms with E-state index >= 15 is 0 Å². The molecule has 1 aromatic heterocycles. The molecule has 0 saturated carbocycles. The average Bonchev–Trinajstić information content (AvgIpc) is 2.75. The van der Waals surface area contributed by atoms with Crippen molar-refractivity contribution in [2.45, 2.75) is 26.8 Å². The van der Waals surface area contributed by atoms with Gasteiger partial charge in [0.05, 0.1) is 0 Å². The number of thiophene rings is 1. The van der Waals surface area contributed by atoms with Gasteiger partial charge < -0.3 is 4.90 Å². The van der Waals surface area contributed by atoms with Crippen LogP contribution in [-0.2, 0) is 13.0 Å².